The van der Waals surface area contributed by atoms with Gasteiger partial charge in [0.25, 0.3) is 0 Å². The lowest BCUT2D eigenvalue weighted by Gasteiger charge is -2.17. The molecular weight excluding hydrogens is 310 g/mol. The molecule has 0 unspecified atom stereocenters. The van der Waals surface area contributed by atoms with Crippen LogP contribution in [0.2, 0.25) is 0 Å². The molecule has 0 saturated carbocycles. The summed E-state index contributed by atoms with van der Waals surface area (Å²) < 4.78 is 10.4. The smallest absolute Gasteiger partial charge is 0.308 e. The Morgan fingerprint density at radius 3 is 2.87 bits per heavy atom. The van der Waals surface area contributed by atoms with Crippen LogP contribution in [-0.4, -0.2) is 19.7 Å². The number of hydrogen-bond donors (Lipinski definition) is 1. The molecule has 0 aliphatic carbocycles. The molecule has 0 radical (unpaired) electrons. The van der Waals surface area contributed by atoms with Gasteiger partial charge in [-0.2, -0.15) is 0 Å². The molecule has 0 atom stereocenters. The number of methoxy groups -OCH3 is 1. The Morgan fingerprint density at radius 2 is 2.17 bits per heavy atom. The van der Waals surface area contributed by atoms with Crippen LogP contribution >= 0.6 is 11.8 Å². The number of carbonyl (C=O) groups excluding carboxylic acids is 1. The molecule has 4 nitrogen and oxygen atoms in total. The molecule has 1 aliphatic rings. The van der Waals surface area contributed by atoms with E-state index in [0.29, 0.717) is 12.3 Å². The molecule has 2 rings (SSSR count). The zero-order chi connectivity index (χ0) is 16.8. The van der Waals surface area contributed by atoms with E-state index in [1.165, 1.54) is 7.11 Å². The van der Waals surface area contributed by atoms with Crippen LogP contribution in [0.15, 0.2) is 47.4 Å². The number of rotatable bonds is 6. The molecule has 23 heavy (non-hydrogen) atoms. The maximum atomic E-state index is 11.2. The summed E-state index contributed by atoms with van der Waals surface area (Å²) in [5.74, 6) is 0.410. The van der Waals surface area contributed by atoms with Gasteiger partial charge in [0.2, 0.25) is 0 Å². The van der Waals surface area contributed by atoms with E-state index in [4.69, 9.17) is 10.5 Å². The van der Waals surface area contributed by atoms with Crippen molar-refractivity contribution in [2.24, 2.45) is 5.73 Å². The van der Waals surface area contributed by atoms with E-state index >= 15 is 0 Å². The first-order valence-corrected chi connectivity index (χ1v) is 8.21. The molecule has 0 bridgehead atoms. The number of hydrogen-bond acceptors (Lipinski definition) is 5. The summed E-state index contributed by atoms with van der Waals surface area (Å²) in [6, 6.07) is 5.97. The number of thioether (sulfide) groups is 1. The molecule has 5 heteroatoms. The molecule has 0 amide bonds. The Bertz CT molecular complexity index is 677. The SMILES string of the molecule is C=C1C=CSC(c2ccc(CN)c(OCCC(=O)OC)c2)=C1C. The highest BCUT2D eigenvalue weighted by atomic mass is 32.2. The molecular formula is C18H21NO3S. The summed E-state index contributed by atoms with van der Waals surface area (Å²) in [7, 11) is 1.37. The highest BCUT2D eigenvalue weighted by Crippen LogP contribution is 2.39. The molecule has 1 aromatic rings. The van der Waals surface area contributed by atoms with Gasteiger partial charge in [-0.3, -0.25) is 4.79 Å². The van der Waals surface area contributed by atoms with Gasteiger partial charge in [0.15, 0.2) is 0 Å². The van der Waals surface area contributed by atoms with Gasteiger partial charge in [0, 0.05) is 17.0 Å². The van der Waals surface area contributed by atoms with Crippen LogP contribution in [0.25, 0.3) is 4.91 Å². The average molecular weight is 331 g/mol. The Labute approximate surface area is 141 Å². The Hall–Kier alpha value is -1.98. The van der Waals surface area contributed by atoms with Crippen molar-refractivity contribution in [2.45, 2.75) is 19.9 Å². The van der Waals surface area contributed by atoms with E-state index in [1.54, 1.807) is 11.8 Å². The van der Waals surface area contributed by atoms with Crippen molar-refractivity contribution in [1.29, 1.82) is 0 Å². The number of carbonyl (C=O) groups is 1. The van der Waals surface area contributed by atoms with E-state index in [-0.39, 0.29) is 19.0 Å². The second-order valence-corrected chi connectivity index (χ2v) is 6.02. The largest absolute Gasteiger partial charge is 0.493 e. The Kier molecular flexibility index (Phi) is 6.07. The molecule has 0 saturated heterocycles. The van der Waals surface area contributed by atoms with Crippen molar-refractivity contribution >= 4 is 22.6 Å². The average Bonchev–Trinajstić information content (AvgIpc) is 2.57. The number of nitrogens with two attached hydrogens (primary N) is 1. The zero-order valence-corrected chi connectivity index (χ0v) is 14.2. The molecule has 1 aromatic carbocycles. The van der Waals surface area contributed by atoms with Crippen LogP contribution in [-0.2, 0) is 16.1 Å². The van der Waals surface area contributed by atoms with Crippen LogP contribution < -0.4 is 10.5 Å². The Balaban J connectivity index is 2.23. The van der Waals surface area contributed by atoms with E-state index < -0.39 is 0 Å². The van der Waals surface area contributed by atoms with Gasteiger partial charge in [-0.25, -0.2) is 0 Å². The summed E-state index contributed by atoms with van der Waals surface area (Å²) in [4.78, 5) is 12.3. The maximum absolute atomic E-state index is 11.2. The van der Waals surface area contributed by atoms with Gasteiger partial charge in [-0.15, -0.1) is 0 Å². The predicted molar refractivity (Wildman–Crippen MR) is 94.9 cm³/mol. The summed E-state index contributed by atoms with van der Waals surface area (Å²) >= 11 is 1.66. The van der Waals surface area contributed by atoms with Crippen LogP contribution in [0.4, 0.5) is 0 Å². The van der Waals surface area contributed by atoms with Crippen molar-refractivity contribution in [3.63, 3.8) is 0 Å². The second-order valence-electron chi connectivity index (χ2n) is 5.10. The highest BCUT2D eigenvalue weighted by molar-refractivity contribution is 8.11. The van der Waals surface area contributed by atoms with Crippen LogP contribution in [0, 0.1) is 0 Å². The van der Waals surface area contributed by atoms with E-state index in [1.807, 2.05) is 29.7 Å². The maximum Gasteiger partial charge on any atom is 0.308 e. The number of benzene rings is 1. The first-order chi connectivity index (χ1) is 11.1. The summed E-state index contributed by atoms with van der Waals surface area (Å²) in [6.45, 7) is 6.75. The predicted octanol–water partition coefficient (Wildman–Crippen LogP) is 3.63. The monoisotopic (exact) mass is 331 g/mol. The summed E-state index contributed by atoms with van der Waals surface area (Å²) in [6.07, 6.45) is 2.21. The van der Waals surface area contributed by atoms with Crippen LogP contribution in [0.3, 0.4) is 0 Å². The molecule has 1 aliphatic heterocycles. The summed E-state index contributed by atoms with van der Waals surface area (Å²) in [5, 5.41) is 2.03. The zero-order valence-electron chi connectivity index (χ0n) is 13.4. The molecule has 1 heterocycles. The van der Waals surface area contributed by atoms with Crippen LogP contribution in [0.5, 0.6) is 5.75 Å². The molecule has 122 valence electrons. The molecule has 2 N–H and O–H groups in total. The highest BCUT2D eigenvalue weighted by Gasteiger charge is 2.14. The molecule has 0 aromatic heterocycles. The lowest BCUT2D eigenvalue weighted by atomic mass is 10.0. The van der Waals surface area contributed by atoms with Crippen LogP contribution in [0.1, 0.15) is 24.5 Å². The number of allylic oxidation sites excluding steroid dienone is 3. The topological polar surface area (TPSA) is 61.5 Å². The molecule has 0 fully saturated rings. The fraction of sp³-hybridized carbons (Fsp3) is 0.278. The molecule has 0 spiro atoms. The quantitative estimate of drug-likeness (QED) is 0.807. The lowest BCUT2D eigenvalue weighted by molar-refractivity contribution is -0.141. The van der Waals surface area contributed by atoms with E-state index in [0.717, 1.165) is 27.2 Å². The third-order valence-corrected chi connectivity index (χ3v) is 4.67. The summed E-state index contributed by atoms with van der Waals surface area (Å²) in [5.41, 5.74) is 9.90. The van der Waals surface area contributed by atoms with Gasteiger partial charge in [-0.1, -0.05) is 30.5 Å². The third kappa shape index (κ3) is 4.27. The minimum absolute atomic E-state index is 0.209. The van der Waals surface area contributed by atoms with E-state index in [9.17, 15) is 4.79 Å². The van der Waals surface area contributed by atoms with Gasteiger partial charge in [0.05, 0.1) is 20.1 Å². The third-order valence-electron chi connectivity index (χ3n) is 3.62. The first kappa shape index (κ1) is 17.4. The standard InChI is InChI=1S/C18H21NO3S/c1-12-7-9-23-18(13(12)2)14-4-5-15(11-19)16(10-14)22-8-6-17(20)21-3/h4-5,7,9-10H,1,6,8,11,19H2,2-3H3. The van der Waals surface area contributed by atoms with Gasteiger partial charge in [0.1, 0.15) is 5.75 Å². The minimum Gasteiger partial charge on any atom is -0.493 e. The minimum atomic E-state index is -0.293. The van der Waals surface area contributed by atoms with Crippen molar-refractivity contribution < 1.29 is 14.3 Å². The second kappa shape index (κ2) is 8.04. The fourth-order valence-corrected chi connectivity index (χ4v) is 3.11. The van der Waals surface area contributed by atoms with Crippen molar-refractivity contribution in [1.82, 2.24) is 0 Å². The number of esters is 1. The Morgan fingerprint density at radius 1 is 1.39 bits per heavy atom. The number of ether oxygens (including phenoxy) is 2. The van der Waals surface area contributed by atoms with Crippen molar-refractivity contribution in [3.8, 4) is 5.75 Å². The van der Waals surface area contributed by atoms with Crippen molar-refractivity contribution in [3.05, 3.63) is 58.5 Å². The normalized spacial score (nSPS) is 14.1. The van der Waals surface area contributed by atoms with Gasteiger partial charge < -0.3 is 15.2 Å². The first-order valence-electron chi connectivity index (χ1n) is 7.33. The van der Waals surface area contributed by atoms with Gasteiger partial charge in [-0.05, 0) is 41.2 Å². The van der Waals surface area contributed by atoms with E-state index in [2.05, 4.69) is 18.2 Å². The lowest BCUT2D eigenvalue weighted by Crippen LogP contribution is -2.09. The van der Waals surface area contributed by atoms with Crippen molar-refractivity contribution in [2.75, 3.05) is 13.7 Å². The van der Waals surface area contributed by atoms with Gasteiger partial charge >= 0.3 is 5.97 Å². The fourth-order valence-electron chi connectivity index (χ4n) is 2.17.